The predicted molar refractivity (Wildman–Crippen MR) is 147 cm³/mol. The van der Waals surface area contributed by atoms with Crippen LogP contribution in [0.2, 0.25) is 10.0 Å². The zero-order valence-corrected chi connectivity index (χ0v) is 23.6. The van der Waals surface area contributed by atoms with Crippen LogP contribution in [0.15, 0.2) is 36.4 Å². The van der Waals surface area contributed by atoms with Crippen molar-refractivity contribution in [1.82, 2.24) is 5.32 Å². The maximum absolute atomic E-state index is 15.6. The molecule has 0 bridgehead atoms. The first-order chi connectivity index (χ1) is 17.2. The van der Waals surface area contributed by atoms with Crippen molar-refractivity contribution in [2.24, 2.45) is 16.7 Å². The molecule has 2 N–H and O–H groups in total. The van der Waals surface area contributed by atoms with Crippen molar-refractivity contribution in [3.8, 4) is 0 Å². The van der Waals surface area contributed by atoms with Crippen LogP contribution in [0.25, 0.3) is 0 Å². The van der Waals surface area contributed by atoms with E-state index in [0.717, 1.165) is 18.4 Å². The van der Waals surface area contributed by atoms with Crippen molar-refractivity contribution in [3.05, 3.63) is 63.4 Å². The molecule has 2 fully saturated rings. The molecule has 3 aliphatic rings. The fraction of sp³-hybridized carbons (Fsp3) is 0.533. The minimum atomic E-state index is -1.20. The number of anilines is 1. The summed E-state index contributed by atoms with van der Waals surface area (Å²) in [5.74, 6) is -1.14. The van der Waals surface area contributed by atoms with Crippen molar-refractivity contribution in [1.29, 1.82) is 0 Å². The van der Waals surface area contributed by atoms with Crippen molar-refractivity contribution < 1.29 is 14.0 Å². The SMILES string of the molecule is CC(C)(C)C[C@@H]1N[C@@H](C(=O)CC2CC(C)(C)C2)[C@H](c2cc(Cl)ccc2F)[C@]12C(=O)Nc1cc(Cl)ccc12. The number of hydrogen-bond donors (Lipinski definition) is 2. The van der Waals surface area contributed by atoms with Crippen molar-refractivity contribution >= 4 is 40.6 Å². The summed E-state index contributed by atoms with van der Waals surface area (Å²) in [5.41, 5.74) is 0.534. The van der Waals surface area contributed by atoms with E-state index in [4.69, 9.17) is 23.2 Å². The van der Waals surface area contributed by atoms with Crippen molar-refractivity contribution in [2.45, 2.75) is 83.7 Å². The Labute approximate surface area is 228 Å². The Morgan fingerprint density at radius 1 is 1.08 bits per heavy atom. The van der Waals surface area contributed by atoms with Gasteiger partial charge in [0.25, 0.3) is 0 Å². The minimum Gasteiger partial charge on any atom is -0.325 e. The van der Waals surface area contributed by atoms with Crippen LogP contribution in [0.4, 0.5) is 10.1 Å². The first-order valence-corrected chi connectivity index (χ1v) is 13.8. The normalized spacial score (nSPS) is 28.8. The summed E-state index contributed by atoms with van der Waals surface area (Å²) in [4.78, 5) is 28.1. The van der Waals surface area contributed by atoms with Gasteiger partial charge < -0.3 is 10.6 Å². The molecule has 2 aromatic carbocycles. The van der Waals surface area contributed by atoms with Gasteiger partial charge in [-0.15, -0.1) is 0 Å². The monoisotopic (exact) mass is 544 g/mol. The summed E-state index contributed by atoms with van der Waals surface area (Å²) in [7, 11) is 0. The molecular weight excluding hydrogens is 510 g/mol. The zero-order chi connectivity index (χ0) is 26.9. The van der Waals surface area contributed by atoms with E-state index in [0.29, 0.717) is 40.1 Å². The molecular formula is C30H35Cl2FN2O2. The molecule has 0 unspecified atom stereocenters. The molecule has 1 aliphatic carbocycles. The minimum absolute atomic E-state index is 0.0240. The highest BCUT2D eigenvalue weighted by Crippen LogP contribution is 2.58. The molecule has 1 spiro atoms. The molecule has 2 aliphatic heterocycles. The van der Waals surface area contributed by atoms with Crippen molar-refractivity contribution in [2.75, 3.05) is 5.32 Å². The highest BCUT2D eigenvalue weighted by molar-refractivity contribution is 6.31. The highest BCUT2D eigenvalue weighted by atomic mass is 35.5. The standard InChI is InChI=1S/C30H35Cl2FN2O2/c1-28(2,3)15-24-30(20-8-6-18(32)12-22(20)34-27(30)37)25(19-11-17(31)7-9-21(19)33)26(35-24)23(36)10-16-13-29(4,5)14-16/h6-9,11-12,16,24-26,35H,10,13-15H2,1-5H3,(H,34,37)/t24-,25-,26-,30+/m0/s1. The number of benzene rings is 2. The molecule has 0 aromatic heterocycles. The molecule has 2 aromatic rings. The van der Waals surface area contributed by atoms with Gasteiger partial charge in [0.05, 0.1) is 6.04 Å². The molecule has 198 valence electrons. The van der Waals surface area contributed by atoms with Crippen LogP contribution in [0.5, 0.6) is 0 Å². The second-order valence-electron chi connectivity index (χ2n) is 13.2. The topological polar surface area (TPSA) is 58.2 Å². The summed E-state index contributed by atoms with van der Waals surface area (Å²) >= 11 is 12.7. The number of amides is 1. The molecule has 5 rings (SSSR count). The van der Waals surface area contributed by atoms with Gasteiger partial charge >= 0.3 is 0 Å². The van der Waals surface area contributed by atoms with Gasteiger partial charge in [-0.3, -0.25) is 9.59 Å². The van der Waals surface area contributed by atoms with Crippen molar-refractivity contribution in [3.63, 3.8) is 0 Å². The number of hydrogen-bond acceptors (Lipinski definition) is 3. The van der Waals surface area contributed by atoms with Gasteiger partial charge in [-0.1, -0.05) is 63.9 Å². The largest absolute Gasteiger partial charge is 0.325 e. The molecule has 2 heterocycles. The Bertz CT molecular complexity index is 1260. The van der Waals surface area contributed by atoms with E-state index in [1.165, 1.54) is 12.1 Å². The zero-order valence-electron chi connectivity index (χ0n) is 22.1. The van der Waals surface area contributed by atoms with Gasteiger partial charge in [0.2, 0.25) is 5.91 Å². The van der Waals surface area contributed by atoms with Gasteiger partial charge in [0, 0.05) is 34.1 Å². The second-order valence-corrected chi connectivity index (χ2v) is 14.1. The van der Waals surface area contributed by atoms with E-state index >= 15 is 4.39 Å². The smallest absolute Gasteiger partial charge is 0.237 e. The molecule has 0 radical (unpaired) electrons. The number of Topliss-reactive ketones (excluding diaryl/α,β-unsaturated/α-hetero) is 1. The first kappa shape index (κ1) is 26.6. The van der Waals surface area contributed by atoms with E-state index in [-0.39, 0.29) is 22.5 Å². The average molecular weight is 546 g/mol. The molecule has 4 nitrogen and oxygen atoms in total. The van der Waals surface area contributed by atoms with Gasteiger partial charge in [0.15, 0.2) is 5.78 Å². The van der Waals surface area contributed by atoms with Crippen LogP contribution in [0, 0.1) is 22.6 Å². The lowest BCUT2D eigenvalue weighted by atomic mass is 9.60. The third-order valence-electron chi connectivity index (χ3n) is 8.43. The lowest BCUT2D eigenvalue weighted by molar-refractivity contribution is -0.124. The van der Waals surface area contributed by atoms with Gasteiger partial charge in [0.1, 0.15) is 11.2 Å². The van der Waals surface area contributed by atoms with Crippen LogP contribution < -0.4 is 10.6 Å². The van der Waals surface area contributed by atoms with Crippen LogP contribution in [0.3, 0.4) is 0 Å². The number of nitrogens with one attached hydrogen (secondary N) is 2. The summed E-state index contributed by atoms with van der Waals surface area (Å²) in [6.45, 7) is 10.8. The maximum atomic E-state index is 15.6. The summed E-state index contributed by atoms with van der Waals surface area (Å²) in [6, 6.07) is 8.62. The first-order valence-electron chi connectivity index (χ1n) is 13.1. The van der Waals surface area contributed by atoms with E-state index in [9.17, 15) is 9.59 Å². The van der Waals surface area contributed by atoms with Crippen LogP contribution in [0.1, 0.15) is 77.3 Å². The Morgan fingerprint density at radius 2 is 1.73 bits per heavy atom. The summed E-state index contributed by atoms with van der Waals surface area (Å²) in [5, 5.41) is 7.47. The summed E-state index contributed by atoms with van der Waals surface area (Å²) in [6.07, 6.45) is 2.99. The average Bonchev–Trinajstić information content (AvgIpc) is 3.22. The number of carbonyl (C=O) groups excluding carboxylic acids is 2. The van der Waals surface area contributed by atoms with Crippen LogP contribution >= 0.6 is 23.2 Å². The van der Waals surface area contributed by atoms with E-state index in [1.54, 1.807) is 18.2 Å². The molecule has 1 amide bonds. The lowest BCUT2D eigenvalue weighted by Crippen LogP contribution is -2.49. The summed E-state index contributed by atoms with van der Waals surface area (Å²) < 4.78 is 15.6. The third kappa shape index (κ3) is 4.62. The maximum Gasteiger partial charge on any atom is 0.237 e. The van der Waals surface area contributed by atoms with E-state index in [1.807, 2.05) is 6.07 Å². The quantitative estimate of drug-likeness (QED) is 0.415. The second kappa shape index (κ2) is 9.07. The number of carbonyl (C=O) groups is 2. The molecule has 37 heavy (non-hydrogen) atoms. The van der Waals surface area contributed by atoms with Gasteiger partial charge in [-0.05, 0) is 77.5 Å². The van der Waals surface area contributed by atoms with E-state index < -0.39 is 29.2 Å². The third-order valence-corrected chi connectivity index (χ3v) is 8.90. The number of ketones is 1. The lowest BCUT2D eigenvalue weighted by Gasteiger charge is -2.43. The number of fused-ring (bicyclic) bond motifs is 2. The molecule has 1 saturated heterocycles. The Morgan fingerprint density at radius 3 is 2.38 bits per heavy atom. The molecule has 4 atom stereocenters. The predicted octanol–water partition coefficient (Wildman–Crippen LogP) is 7.28. The number of halogens is 3. The van der Waals surface area contributed by atoms with Gasteiger partial charge in [-0.2, -0.15) is 0 Å². The fourth-order valence-electron chi connectivity index (χ4n) is 7.26. The van der Waals surface area contributed by atoms with E-state index in [2.05, 4.69) is 45.3 Å². The van der Waals surface area contributed by atoms with Crippen LogP contribution in [-0.2, 0) is 15.0 Å². The molecule has 7 heteroatoms. The fourth-order valence-corrected chi connectivity index (χ4v) is 7.61. The highest BCUT2D eigenvalue weighted by Gasteiger charge is 2.66. The Kier molecular flexibility index (Phi) is 6.53. The molecule has 1 saturated carbocycles. The van der Waals surface area contributed by atoms with Crippen LogP contribution in [-0.4, -0.2) is 23.8 Å². The van der Waals surface area contributed by atoms with Gasteiger partial charge in [-0.25, -0.2) is 4.39 Å². The Hall–Kier alpha value is -1.95. The Balaban J connectivity index is 1.69. The number of rotatable bonds is 5.